The highest BCUT2D eigenvalue weighted by atomic mass is 16.5. The summed E-state index contributed by atoms with van der Waals surface area (Å²) in [6.45, 7) is 4.53. The van der Waals surface area contributed by atoms with Gasteiger partial charge in [-0.25, -0.2) is 4.98 Å². The molecule has 1 aliphatic heterocycles. The molecular weight excluding hydrogens is 192 g/mol. The predicted molar refractivity (Wildman–Crippen MR) is 57.5 cm³/mol. The van der Waals surface area contributed by atoms with Crippen LogP contribution in [0.5, 0.6) is 0 Å². The molecule has 0 aliphatic carbocycles. The van der Waals surface area contributed by atoms with Crippen molar-refractivity contribution in [2.24, 2.45) is 0 Å². The number of aromatic nitrogens is 2. The molecule has 2 heterocycles. The van der Waals surface area contributed by atoms with Crippen LogP contribution in [-0.4, -0.2) is 54.3 Å². The van der Waals surface area contributed by atoms with Crippen LogP contribution in [0.15, 0.2) is 12.4 Å². The Morgan fingerprint density at radius 2 is 2.67 bits per heavy atom. The van der Waals surface area contributed by atoms with Gasteiger partial charge in [-0.3, -0.25) is 0 Å². The lowest BCUT2D eigenvalue weighted by Crippen LogP contribution is -2.44. The molecule has 15 heavy (non-hydrogen) atoms. The normalized spacial score (nSPS) is 23.1. The molecule has 0 unspecified atom stereocenters. The van der Waals surface area contributed by atoms with Gasteiger partial charge in [0.25, 0.3) is 0 Å². The molecule has 1 aromatic rings. The van der Waals surface area contributed by atoms with E-state index in [1.807, 2.05) is 6.20 Å². The van der Waals surface area contributed by atoms with E-state index in [4.69, 9.17) is 4.74 Å². The minimum atomic E-state index is 0.304. The van der Waals surface area contributed by atoms with E-state index >= 15 is 0 Å². The standard InChI is InChI=1S/C10H18N4O/c1-14-4-5-15-9(8-14)6-11-7-10-12-2-3-13-10/h2-3,9,11H,4-8H2,1H3,(H,12,13)/t9-/m0/s1. The predicted octanol–water partition coefficient (Wildman–Crippen LogP) is -0.170. The van der Waals surface area contributed by atoms with Crippen molar-refractivity contribution in [1.82, 2.24) is 20.2 Å². The van der Waals surface area contributed by atoms with Crippen LogP contribution in [-0.2, 0) is 11.3 Å². The first-order valence-electron chi connectivity index (χ1n) is 5.34. The Bertz CT molecular complexity index is 275. The Morgan fingerprint density at radius 1 is 1.73 bits per heavy atom. The molecule has 5 heteroatoms. The summed E-state index contributed by atoms with van der Waals surface area (Å²) >= 11 is 0. The SMILES string of the molecule is CN1CCO[C@@H](CNCc2ncc[nH]2)C1. The van der Waals surface area contributed by atoms with Crippen molar-refractivity contribution >= 4 is 0 Å². The Balaban J connectivity index is 1.65. The molecule has 1 fully saturated rings. The number of H-pyrrole nitrogens is 1. The second kappa shape index (κ2) is 5.25. The van der Waals surface area contributed by atoms with Gasteiger partial charge in [-0.1, -0.05) is 0 Å². The van der Waals surface area contributed by atoms with Crippen LogP contribution in [0.2, 0.25) is 0 Å². The quantitative estimate of drug-likeness (QED) is 0.724. The molecule has 84 valence electrons. The Kier molecular flexibility index (Phi) is 3.71. The lowest BCUT2D eigenvalue weighted by molar-refractivity contribution is -0.0182. The number of imidazole rings is 1. The van der Waals surface area contributed by atoms with Gasteiger partial charge in [-0.05, 0) is 7.05 Å². The summed E-state index contributed by atoms with van der Waals surface area (Å²) in [5.74, 6) is 0.971. The Hall–Kier alpha value is -0.910. The fraction of sp³-hybridized carbons (Fsp3) is 0.700. The highest BCUT2D eigenvalue weighted by molar-refractivity contribution is 4.86. The molecule has 2 N–H and O–H groups in total. The van der Waals surface area contributed by atoms with Crippen LogP contribution < -0.4 is 5.32 Å². The topological polar surface area (TPSA) is 53.2 Å². The lowest BCUT2D eigenvalue weighted by atomic mass is 10.3. The molecule has 0 spiro atoms. The van der Waals surface area contributed by atoms with Crippen molar-refractivity contribution in [2.45, 2.75) is 12.6 Å². The zero-order valence-electron chi connectivity index (χ0n) is 9.07. The van der Waals surface area contributed by atoms with Gasteiger partial charge in [0.15, 0.2) is 0 Å². The van der Waals surface area contributed by atoms with Crippen molar-refractivity contribution in [2.75, 3.05) is 33.3 Å². The Morgan fingerprint density at radius 3 is 3.40 bits per heavy atom. The first-order chi connectivity index (χ1) is 7.34. The summed E-state index contributed by atoms with van der Waals surface area (Å²) in [5.41, 5.74) is 0. The highest BCUT2D eigenvalue weighted by Gasteiger charge is 2.16. The largest absolute Gasteiger partial charge is 0.374 e. The number of nitrogens with one attached hydrogen (secondary N) is 2. The minimum absolute atomic E-state index is 0.304. The summed E-state index contributed by atoms with van der Waals surface area (Å²) in [4.78, 5) is 9.50. The van der Waals surface area contributed by atoms with Crippen LogP contribution >= 0.6 is 0 Å². The van der Waals surface area contributed by atoms with Crippen molar-refractivity contribution in [3.05, 3.63) is 18.2 Å². The number of likely N-dealkylation sites (N-methyl/N-ethyl adjacent to an activating group) is 1. The number of nitrogens with zero attached hydrogens (tertiary/aromatic N) is 2. The van der Waals surface area contributed by atoms with E-state index in [0.29, 0.717) is 6.10 Å². The number of aromatic amines is 1. The number of ether oxygens (including phenoxy) is 1. The molecule has 5 nitrogen and oxygen atoms in total. The van der Waals surface area contributed by atoms with Crippen LogP contribution in [0, 0.1) is 0 Å². The molecule has 0 saturated carbocycles. The van der Waals surface area contributed by atoms with E-state index < -0.39 is 0 Å². The van der Waals surface area contributed by atoms with E-state index in [0.717, 1.165) is 38.6 Å². The molecule has 1 aromatic heterocycles. The zero-order chi connectivity index (χ0) is 10.5. The minimum Gasteiger partial charge on any atom is -0.374 e. The van der Waals surface area contributed by atoms with Gasteiger partial charge in [0.1, 0.15) is 5.82 Å². The van der Waals surface area contributed by atoms with Gasteiger partial charge in [0, 0.05) is 32.0 Å². The molecule has 1 saturated heterocycles. The third-order valence-corrected chi connectivity index (χ3v) is 2.56. The van der Waals surface area contributed by atoms with E-state index in [2.05, 4.69) is 27.2 Å². The average molecular weight is 210 g/mol. The molecule has 0 aromatic carbocycles. The fourth-order valence-corrected chi connectivity index (χ4v) is 1.74. The molecule has 1 atom stereocenters. The maximum absolute atomic E-state index is 5.63. The monoisotopic (exact) mass is 210 g/mol. The van der Waals surface area contributed by atoms with E-state index in [1.54, 1.807) is 6.20 Å². The summed E-state index contributed by atoms with van der Waals surface area (Å²) in [6.07, 6.45) is 3.91. The smallest absolute Gasteiger partial charge is 0.120 e. The van der Waals surface area contributed by atoms with Crippen molar-refractivity contribution in [3.8, 4) is 0 Å². The van der Waals surface area contributed by atoms with Crippen LogP contribution in [0.1, 0.15) is 5.82 Å². The average Bonchev–Trinajstić information content (AvgIpc) is 2.71. The van der Waals surface area contributed by atoms with Crippen molar-refractivity contribution in [3.63, 3.8) is 0 Å². The molecule has 0 bridgehead atoms. The molecule has 0 amide bonds. The molecular formula is C10H18N4O. The van der Waals surface area contributed by atoms with Crippen LogP contribution in [0.25, 0.3) is 0 Å². The number of morpholine rings is 1. The van der Waals surface area contributed by atoms with Crippen LogP contribution in [0.4, 0.5) is 0 Å². The second-order valence-corrected chi connectivity index (χ2v) is 3.92. The first kappa shape index (κ1) is 10.6. The maximum Gasteiger partial charge on any atom is 0.120 e. The van der Waals surface area contributed by atoms with Gasteiger partial charge >= 0.3 is 0 Å². The highest BCUT2D eigenvalue weighted by Crippen LogP contribution is 2.01. The first-order valence-corrected chi connectivity index (χ1v) is 5.34. The van der Waals surface area contributed by atoms with Crippen molar-refractivity contribution in [1.29, 1.82) is 0 Å². The van der Waals surface area contributed by atoms with E-state index in [-0.39, 0.29) is 0 Å². The maximum atomic E-state index is 5.63. The number of hydrogen-bond acceptors (Lipinski definition) is 4. The van der Waals surface area contributed by atoms with E-state index in [9.17, 15) is 0 Å². The fourth-order valence-electron chi connectivity index (χ4n) is 1.74. The van der Waals surface area contributed by atoms with Gasteiger partial charge in [-0.15, -0.1) is 0 Å². The van der Waals surface area contributed by atoms with Crippen LogP contribution in [0.3, 0.4) is 0 Å². The summed E-state index contributed by atoms with van der Waals surface area (Å²) in [5, 5.41) is 3.33. The second-order valence-electron chi connectivity index (χ2n) is 3.92. The Labute approximate surface area is 89.8 Å². The summed E-state index contributed by atoms with van der Waals surface area (Å²) < 4.78 is 5.63. The molecule has 2 rings (SSSR count). The summed E-state index contributed by atoms with van der Waals surface area (Å²) in [6, 6.07) is 0. The van der Waals surface area contributed by atoms with Crippen molar-refractivity contribution < 1.29 is 4.74 Å². The van der Waals surface area contributed by atoms with E-state index in [1.165, 1.54) is 0 Å². The molecule has 1 aliphatic rings. The third kappa shape index (κ3) is 3.30. The summed E-state index contributed by atoms with van der Waals surface area (Å²) in [7, 11) is 2.13. The van der Waals surface area contributed by atoms with Gasteiger partial charge in [0.2, 0.25) is 0 Å². The number of hydrogen-bond donors (Lipinski definition) is 2. The van der Waals surface area contributed by atoms with Gasteiger partial charge in [0.05, 0.1) is 19.3 Å². The number of rotatable bonds is 4. The molecule has 0 radical (unpaired) electrons. The zero-order valence-corrected chi connectivity index (χ0v) is 9.07. The van der Waals surface area contributed by atoms with Gasteiger partial charge in [-0.2, -0.15) is 0 Å². The third-order valence-electron chi connectivity index (χ3n) is 2.56. The van der Waals surface area contributed by atoms with Gasteiger partial charge < -0.3 is 19.9 Å². The lowest BCUT2D eigenvalue weighted by Gasteiger charge is -2.30.